The zero-order chi connectivity index (χ0) is 43.0. The van der Waals surface area contributed by atoms with E-state index in [-0.39, 0.29) is 0 Å². The summed E-state index contributed by atoms with van der Waals surface area (Å²) in [5.41, 5.74) is 15.2. The zero-order valence-electron chi connectivity index (χ0n) is 35.6. The molecule has 1 aliphatic carbocycles. The van der Waals surface area contributed by atoms with Crippen molar-refractivity contribution >= 4 is 65.6 Å². The molecule has 0 amide bonds. The van der Waals surface area contributed by atoms with Crippen molar-refractivity contribution in [1.82, 2.24) is 4.98 Å². The molecular weight excluding hydrogens is 775 g/mol. The van der Waals surface area contributed by atoms with Gasteiger partial charge in [-0.05, 0) is 167 Å². The Kier molecular flexibility index (Phi) is 10.1. The van der Waals surface area contributed by atoms with Crippen LogP contribution in [0.3, 0.4) is 0 Å². The fourth-order valence-corrected chi connectivity index (χ4v) is 9.46. The summed E-state index contributed by atoms with van der Waals surface area (Å²) in [4.78, 5) is 4.28. The molecule has 0 spiro atoms. The molecule has 3 nitrogen and oxygen atoms in total. The molecule has 304 valence electrons. The third-order valence-corrected chi connectivity index (χ3v) is 12.8. The maximum absolute atomic E-state index is 9.64. The first kappa shape index (κ1) is 38.8. The molecule has 9 aromatic carbocycles. The van der Waals surface area contributed by atoms with Gasteiger partial charge in [-0.25, -0.2) is 0 Å². The number of aromatic nitrogens is 1. The van der Waals surface area contributed by atoms with Gasteiger partial charge in [0.25, 0.3) is 0 Å². The molecular formula is C61H45N3. The van der Waals surface area contributed by atoms with Gasteiger partial charge in [0, 0.05) is 30.2 Å². The lowest BCUT2D eigenvalue weighted by Crippen LogP contribution is -2.11. The normalized spacial score (nSPS) is 13.6. The van der Waals surface area contributed by atoms with Crippen LogP contribution in [-0.2, 0) is 0 Å². The summed E-state index contributed by atoms with van der Waals surface area (Å²) in [6, 6.07) is 69.9. The van der Waals surface area contributed by atoms with Gasteiger partial charge in [-0.15, -0.1) is 0 Å². The van der Waals surface area contributed by atoms with Crippen molar-refractivity contribution in [3.63, 3.8) is 0 Å². The van der Waals surface area contributed by atoms with Gasteiger partial charge in [-0.2, -0.15) is 0 Å². The molecule has 0 aliphatic heterocycles. The van der Waals surface area contributed by atoms with Gasteiger partial charge in [0.2, 0.25) is 0 Å². The van der Waals surface area contributed by atoms with Gasteiger partial charge in [-0.3, -0.25) is 4.98 Å². The topological polar surface area (TPSA) is 48.8 Å². The summed E-state index contributed by atoms with van der Waals surface area (Å²) in [7, 11) is 0. The highest BCUT2D eigenvalue weighted by molar-refractivity contribution is 6.25. The highest BCUT2D eigenvalue weighted by atomic mass is 14.9. The van der Waals surface area contributed by atoms with Crippen LogP contribution >= 0.6 is 0 Å². The molecule has 0 bridgehead atoms. The molecule has 10 aromatic rings. The average Bonchev–Trinajstić information content (AvgIpc) is 3.35. The average molecular weight is 820 g/mol. The van der Waals surface area contributed by atoms with E-state index >= 15 is 0 Å². The predicted molar refractivity (Wildman–Crippen MR) is 273 cm³/mol. The van der Waals surface area contributed by atoms with Crippen molar-refractivity contribution in [3.8, 4) is 33.4 Å². The minimum absolute atomic E-state index is 0.531. The lowest BCUT2D eigenvalue weighted by molar-refractivity contribution is 0.991. The molecule has 11 rings (SSSR count). The Bertz CT molecular complexity index is 3530. The number of benzene rings is 9. The molecule has 0 saturated heterocycles. The van der Waals surface area contributed by atoms with Crippen LogP contribution in [0.15, 0.2) is 230 Å². The van der Waals surface area contributed by atoms with Crippen molar-refractivity contribution in [2.45, 2.75) is 13.3 Å². The molecule has 64 heavy (non-hydrogen) atoms. The van der Waals surface area contributed by atoms with Crippen LogP contribution in [0, 0.1) is 5.41 Å². The number of anilines is 1. The number of pyridine rings is 1. The van der Waals surface area contributed by atoms with Crippen LogP contribution < -0.4 is 5.32 Å². The molecule has 0 unspecified atom stereocenters. The highest BCUT2D eigenvalue weighted by Gasteiger charge is 2.22. The Hall–Kier alpha value is -8.14. The second-order valence-corrected chi connectivity index (χ2v) is 16.8. The Balaban J connectivity index is 0.934. The second-order valence-electron chi connectivity index (χ2n) is 16.8. The van der Waals surface area contributed by atoms with E-state index in [0.717, 1.165) is 57.6 Å². The van der Waals surface area contributed by atoms with Crippen LogP contribution in [-0.4, -0.2) is 17.2 Å². The van der Waals surface area contributed by atoms with E-state index < -0.39 is 0 Å². The number of fused-ring (bicyclic) bond motifs is 4. The monoisotopic (exact) mass is 819 g/mol. The number of allylic oxidation sites excluding steroid dienone is 5. The zero-order valence-corrected chi connectivity index (χ0v) is 35.6. The summed E-state index contributed by atoms with van der Waals surface area (Å²) >= 11 is 0. The number of rotatable bonds is 9. The second kappa shape index (κ2) is 16.6. The van der Waals surface area contributed by atoms with Crippen molar-refractivity contribution in [3.05, 3.63) is 241 Å². The van der Waals surface area contributed by atoms with Crippen molar-refractivity contribution in [1.29, 1.82) is 5.41 Å². The van der Waals surface area contributed by atoms with Crippen LogP contribution in [0.4, 0.5) is 5.69 Å². The Morgan fingerprint density at radius 3 is 1.61 bits per heavy atom. The minimum atomic E-state index is 0.531. The first-order valence-corrected chi connectivity index (χ1v) is 22.0. The molecule has 0 radical (unpaired) electrons. The molecule has 0 saturated carbocycles. The summed E-state index contributed by atoms with van der Waals surface area (Å²) < 4.78 is 0. The standard InChI is InChI=1S/C61H45N3/c1-40(30-32-64-54-28-26-41(27-29-54)52-13-8-31-63-39-52)61-59(51-25-22-46-35-50(24-21-47(46)36-51)58-17-7-12-43-10-3-5-15-56(43)58)37-53(38-60(61)62)48-19-18-45-34-49(23-20-44(45)33-48)57-16-6-11-42-9-2-4-14-55(42)57/h2-29,31,33-39,62,64H,30,32H2,1H3/b61-40-,62-60?. The Morgan fingerprint density at radius 2 is 1.00 bits per heavy atom. The van der Waals surface area contributed by atoms with Gasteiger partial charge in [0.1, 0.15) is 0 Å². The first-order valence-electron chi connectivity index (χ1n) is 22.0. The van der Waals surface area contributed by atoms with Crippen LogP contribution in [0.5, 0.6) is 0 Å². The smallest absolute Gasteiger partial charge is 0.0624 e. The number of hydrogen-bond acceptors (Lipinski definition) is 3. The lowest BCUT2D eigenvalue weighted by atomic mass is 9.82. The number of hydrogen-bond donors (Lipinski definition) is 2. The van der Waals surface area contributed by atoms with Crippen LogP contribution in [0.25, 0.3) is 87.6 Å². The SMILES string of the molecule is C/C(CCNc1ccc(-c2cccnc2)cc1)=C1/C(=N)C=C(c2ccc3cc(-c4cccc5ccccc45)ccc3c2)C=C1c1ccc2cc(-c3cccc4ccccc34)ccc2c1. The quantitative estimate of drug-likeness (QED) is 0.152. The third-order valence-electron chi connectivity index (χ3n) is 12.8. The molecule has 0 atom stereocenters. The van der Waals surface area contributed by atoms with Crippen LogP contribution in [0.1, 0.15) is 24.5 Å². The number of nitrogens with zero attached hydrogens (tertiary/aromatic N) is 1. The molecule has 1 aromatic heterocycles. The predicted octanol–water partition coefficient (Wildman–Crippen LogP) is 16.0. The molecule has 1 heterocycles. The third kappa shape index (κ3) is 7.48. The fourth-order valence-electron chi connectivity index (χ4n) is 9.46. The Morgan fingerprint density at radius 1 is 0.469 bits per heavy atom. The highest BCUT2D eigenvalue weighted by Crippen LogP contribution is 2.39. The van der Waals surface area contributed by atoms with Crippen molar-refractivity contribution < 1.29 is 0 Å². The molecule has 1 aliphatic rings. The molecule has 0 fully saturated rings. The number of nitrogens with one attached hydrogen (secondary N) is 2. The summed E-state index contributed by atoms with van der Waals surface area (Å²) in [6.07, 6.45) is 8.84. The van der Waals surface area contributed by atoms with Crippen LogP contribution in [0.2, 0.25) is 0 Å². The maximum atomic E-state index is 9.64. The van der Waals surface area contributed by atoms with E-state index in [2.05, 4.69) is 217 Å². The van der Waals surface area contributed by atoms with E-state index in [4.69, 9.17) is 0 Å². The fraction of sp³-hybridized carbons (Fsp3) is 0.0492. The van der Waals surface area contributed by atoms with E-state index in [1.54, 1.807) is 6.20 Å². The van der Waals surface area contributed by atoms with Gasteiger partial charge in [-0.1, -0.05) is 157 Å². The van der Waals surface area contributed by atoms with Crippen molar-refractivity contribution in [2.75, 3.05) is 11.9 Å². The first-order chi connectivity index (χ1) is 31.5. The van der Waals surface area contributed by atoms with Gasteiger partial charge >= 0.3 is 0 Å². The van der Waals surface area contributed by atoms with Gasteiger partial charge in [0.15, 0.2) is 0 Å². The summed E-state index contributed by atoms with van der Waals surface area (Å²) in [5.74, 6) is 0. The summed E-state index contributed by atoms with van der Waals surface area (Å²) in [6.45, 7) is 2.93. The largest absolute Gasteiger partial charge is 0.385 e. The van der Waals surface area contributed by atoms with Crippen molar-refractivity contribution in [2.24, 2.45) is 0 Å². The van der Waals surface area contributed by atoms with E-state index in [1.165, 1.54) is 70.9 Å². The summed E-state index contributed by atoms with van der Waals surface area (Å²) in [5, 5.41) is 23.0. The van der Waals surface area contributed by atoms with E-state index in [9.17, 15) is 5.41 Å². The van der Waals surface area contributed by atoms with E-state index in [1.807, 2.05) is 12.3 Å². The minimum Gasteiger partial charge on any atom is -0.385 e. The maximum Gasteiger partial charge on any atom is 0.0624 e. The van der Waals surface area contributed by atoms with Gasteiger partial charge in [0.05, 0.1) is 5.71 Å². The molecule has 2 N–H and O–H groups in total. The Labute approximate surface area is 373 Å². The van der Waals surface area contributed by atoms with E-state index in [0.29, 0.717) is 5.71 Å². The molecule has 3 heteroatoms. The van der Waals surface area contributed by atoms with Gasteiger partial charge < -0.3 is 10.7 Å². The lowest BCUT2D eigenvalue weighted by Gasteiger charge is -2.23.